The molecule has 164 valence electrons. The van der Waals surface area contributed by atoms with E-state index in [1.54, 1.807) is 47.5 Å². The minimum Gasteiger partial charge on any atom is -0.358 e. The van der Waals surface area contributed by atoms with E-state index >= 15 is 0 Å². The molecule has 1 aliphatic carbocycles. The number of fused-ring (bicyclic) bond motifs is 3. The Labute approximate surface area is 193 Å². The number of carbonyl (C=O) groups excluding carboxylic acids is 3. The smallest absolute Gasteiger partial charge is 0.180 e. The third-order valence-electron chi connectivity index (χ3n) is 7.12. The number of hydrogen-bond acceptors (Lipinski definition) is 5. The summed E-state index contributed by atoms with van der Waals surface area (Å²) in [6.45, 7) is 5.54. The Bertz CT molecular complexity index is 1260. The summed E-state index contributed by atoms with van der Waals surface area (Å²) in [7, 11) is 0. The van der Waals surface area contributed by atoms with Gasteiger partial charge in [-0.3, -0.25) is 14.4 Å². The maximum atomic E-state index is 14.2. The molecular formula is C28H24N2O3. The van der Waals surface area contributed by atoms with Gasteiger partial charge in [-0.1, -0.05) is 81.4 Å². The van der Waals surface area contributed by atoms with Gasteiger partial charge in [-0.15, -0.1) is 0 Å². The summed E-state index contributed by atoms with van der Waals surface area (Å²) in [6.07, 6.45) is 5.05. The van der Waals surface area contributed by atoms with Crippen LogP contribution in [0.25, 0.3) is 0 Å². The van der Waals surface area contributed by atoms with Gasteiger partial charge in [0.15, 0.2) is 17.3 Å². The van der Waals surface area contributed by atoms with Gasteiger partial charge in [-0.05, 0) is 11.6 Å². The number of nitrogens with zero attached hydrogens (tertiary/aromatic N) is 2. The van der Waals surface area contributed by atoms with Gasteiger partial charge in [0.25, 0.3) is 0 Å². The lowest BCUT2D eigenvalue weighted by Gasteiger charge is -2.34. The van der Waals surface area contributed by atoms with Gasteiger partial charge in [0.05, 0.1) is 17.7 Å². The molecule has 0 radical (unpaired) electrons. The lowest BCUT2D eigenvalue weighted by molar-refractivity contribution is -0.130. The van der Waals surface area contributed by atoms with Gasteiger partial charge in [-0.25, -0.2) is 0 Å². The molecule has 2 heterocycles. The summed E-state index contributed by atoms with van der Waals surface area (Å²) < 4.78 is 0. The van der Waals surface area contributed by atoms with Crippen LogP contribution in [0.1, 0.15) is 53.0 Å². The maximum absolute atomic E-state index is 14.2. The normalized spacial score (nSPS) is 25.0. The summed E-state index contributed by atoms with van der Waals surface area (Å²) in [6, 6.07) is 17.0. The molecule has 2 aromatic rings. The zero-order valence-corrected chi connectivity index (χ0v) is 18.8. The Morgan fingerprint density at radius 2 is 1.55 bits per heavy atom. The third kappa shape index (κ3) is 2.74. The van der Waals surface area contributed by atoms with Crippen molar-refractivity contribution in [2.75, 3.05) is 0 Å². The largest absolute Gasteiger partial charge is 0.358 e. The van der Waals surface area contributed by atoms with Gasteiger partial charge < -0.3 is 4.90 Å². The molecule has 1 fully saturated rings. The van der Waals surface area contributed by atoms with Crippen molar-refractivity contribution in [2.45, 2.75) is 38.8 Å². The number of rotatable bonds is 2. The third-order valence-corrected chi connectivity index (χ3v) is 7.12. The second-order valence-corrected chi connectivity index (χ2v) is 9.97. The summed E-state index contributed by atoms with van der Waals surface area (Å²) in [5.41, 5.74) is -0.245. The number of benzene rings is 2. The number of ketones is 3. The minimum atomic E-state index is -1.48. The first-order chi connectivity index (χ1) is 15.7. The molecule has 2 aromatic carbocycles. The molecule has 2 aliphatic heterocycles. The predicted octanol–water partition coefficient (Wildman–Crippen LogP) is 4.48. The number of Topliss-reactive ketones (excluding diaryl/α,β-unsaturated/α-hetero) is 3. The molecule has 5 nitrogen and oxygen atoms in total. The van der Waals surface area contributed by atoms with E-state index < -0.39 is 28.8 Å². The first-order valence-corrected chi connectivity index (χ1v) is 11.1. The van der Waals surface area contributed by atoms with Crippen LogP contribution in [0.5, 0.6) is 0 Å². The van der Waals surface area contributed by atoms with Crippen molar-refractivity contribution in [3.63, 3.8) is 0 Å². The van der Waals surface area contributed by atoms with Crippen molar-refractivity contribution in [2.24, 2.45) is 10.8 Å². The summed E-state index contributed by atoms with van der Waals surface area (Å²) in [5.74, 6) is -1.27. The fourth-order valence-electron chi connectivity index (χ4n) is 5.70. The Morgan fingerprint density at radius 1 is 0.970 bits per heavy atom. The lowest BCUT2D eigenvalue weighted by Crippen LogP contribution is -2.47. The van der Waals surface area contributed by atoms with Crippen molar-refractivity contribution < 1.29 is 14.4 Å². The first-order valence-electron chi connectivity index (χ1n) is 11.1. The first kappa shape index (κ1) is 21.1. The maximum Gasteiger partial charge on any atom is 0.180 e. The van der Waals surface area contributed by atoms with E-state index in [2.05, 4.69) is 6.07 Å². The van der Waals surface area contributed by atoms with Crippen LogP contribution < -0.4 is 0 Å². The Kier molecular flexibility index (Phi) is 4.54. The summed E-state index contributed by atoms with van der Waals surface area (Å²) in [4.78, 5) is 44.0. The van der Waals surface area contributed by atoms with E-state index in [-0.39, 0.29) is 17.3 Å². The highest BCUT2D eigenvalue weighted by atomic mass is 16.2. The minimum absolute atomic E-state index is 0.0707. The fourth-order valence-corrected chi connectivity index (χ4v) is 5.70. The molecule has 3 atom stereocenters. The van der Waals surface area contributed by atoms with E-state index in [0.29, 0.717) is 16.7 Å². The topological polar surface area (TPSA) is 78.2 Å². The van der Waals surface area contributed by atoms with Crippen LogP contribution in [0.2, 0.25) is 0 Å². The molecule has 3 aliphatic rings. The van der Waals surface area contributed by atoms with Gasteiger partial charge in [0, 0.05) is 28.7 Å². The number of allylic oxidation sites excluding steroid dienone is 2. The molecule has 5 heteroatoms. The zero-order chi connectivity index (χ0) is 23.5. The lowest BCUT2D eigenvalue weighted by atomic mass is 9.63. The SMILES string of the molecule is CC(C)(C)C(=O)[C@@H]1[C@H](c2ccccc2)C2(C(=O)c3ccccc3C2=O)[C@@H]2C=CC(C#N)=CN12. The number of carbonyl (C=O) groups is 3. The van der Waals surface area contributed by atoms with Crippen LogP contribution in [-0.2, 0) is 4.79 Å². The molecule has 0 unspecified atom stereocenters. The van der Waals surface area contributed by atoms with E-state index in [9.17, 15) is 19.6 Å². The van der Waals surface area contributed by atoms with E-state index in [1.807, 2.05) is 51.1 Å². The van der Waals surface area contributed by atoms with Crippen LogP contribution in [-0.4, -0.2) is 34.3 Å². The molecule has 0 bridgehead atoms. The van der Waals surface area contributed by atoms with Crippen molar-refractivity contribution in [3.8, 4) is 6.07 Å². The van der Waals surface area contributed by atoms with Crippen LogP contribution in [0.3, 0.4) is 0 Å². The highest BCUT2D eigenvalue weighted by Gasteiger charge is 2.71. The molecule has 1 saturated heterocycles. The van der Waals surface area contributed by atoms with Crippen molar-refractivity contribution in [1.82, 2.24) is 4.90 Å². The quantitative estimate of drug-likeness (QED) is 0.649. The van der Waals surface area contributed by atoms with E-state index in [4.69, 9.17) is 0 Å². The number of nitriles is 1. The molecule has 0 amide bonds. The highest BCUT2D eigenvalue weighted by Crippen LogP contribution is 2.59. The second kappa shape index (κ2) is 7.11. The van der Waals surface area contributed by atoms with Crippen molar-refractivity contribution in [3.05, 3.63) is 95.2 Å². The van der Waals surface area contributed by atoms with Crippen LogP contribution in [0.15, 0.2) is 78.5 Å². The second-order valence-electron chi connectivity index (χ2n) is 9.97. The fraction of sp³-hybridized carbons (Fsp3) is 0.286. The van der Waals surface area contributed by atoms with Crippen LogP contribution >= 0.6 is 0 Å². The Hall–Kier alpha value is -3.78. The molecule has 0 saturated carbocycles. The Morgan fingerprint density at radius 3 is 2.09 bits per heavy atom. The van der Waals surface area contributed by atoms with Gasteiger partial charge in [0.2, 0.25) is 0 Å². The van der Waals surface area contributed by atoms with Gasteiger partial charge >= 0.3 is 0 Å². The molecule has 5 rings (SSSR count). The van der Waals surface area contributed by atoms with Crippen molar-refractivity contribution in [1.29, 1.82) is 5.26 Å². The standard InChI is InChI=1S/C28H24N2O3/c1-27(2,3)26(33)23-22(18-9-5-4-6-10-18)28(21-14-13-17(15-29)16-30(21)23)24(31)19-11-7-8-12-20(19)25(28)32/h4-14,16,21-23H,1-3H3/t21-,22-,23-/m0/s1. The summed E-state index contributed by atoms with van der Waals surface area (Å²) in [5, 5.41) is 9.57. The highest BCUT2D eigenvalue weighted by molar-refractivity contribution is 6.31. The van der Waals surface area contributed by atoms with Crippen LogP contribution in [0, 0.1) is 22.2 Å². The summed E-state index contributed by atoms with van der Waals surface area (Å²) >= 11 is 0. The molecule has 0 N–H and O–H groups in total. The molecule has 1 spiro atoms. The van der Waals surface area contributed by atoms with Crippen LogP contribution in [0.4, 0.5) is 0 Å². The Balaban J connectivity index is 1.84. The zero-order valence-electron chi connectivity index (χ0n) is 18.8. The van der Waals surface area contributed by atoms with Gasteiger partial charge in [0.1, 0.15) is 11.5 Å². The van der Waals surface area contributed by atoms with Crippen molar-refractivity contribution >= 4 is 17.3 Å². The molecule has 0 aromatic heterocycles. The average Bonchev–Trinajstić information content (AvgIpc) is 3.24. The van der Waals surface area contributed by atoms with Gasteiger partial charge in [-0.2, -0.15) is 5.26 Å². The predicted molar refractivity (Wildman–Crippen MR) is 123 cm³/mol. The van der Waals surface area contributed by atoms with E-state index in [0.717, 1.165) is 5.56 Å². The molecule has 33 heavy (non-hydrogen) atoms. The van der Waals surface area contributed by atoms with E-state index in [1.165, 1.54) is 0 Å². The monoisotopic (exact) mass is 436 g/mol. The molecular weight excluding hydrogens is 412 g/mol. The average molecular weight is 437 g/mol. The number of hydrogen-bond donors (Lipinski definition) is 0.